The minimum atomic E-state index is -2.34. The third-order valence-corrected chi connectivity index (χ3v) is 4.02. The van der Waals surface area contributed by atoms with Crippen LogP contribution < -0.4 is 22.1 Å². The molecule has 0 saturated carbocycles. The molecule has 130 valence electrons. The molecule has 10 heteroatoms. The van der Waals surface area contributed by atoms with Gasteiger partial charge in [-0.3, -0.25) is 9.19 Å². The van der Waals surface area contributed by atoms with Crippen LogP contribution in [0.25, 0.3) is 0 Å². The van der Waals surface area contributed by atoms with E-state index in [0.717, 1.165) is 0 Å². The van der Waals surface area contributed by atoms with Crippen molar-refractivity contribution in [2.75, 3.05) is 10.6 Å². The van der Waals surface area contributed by atoms with E-state index in [0.29, 0.717) is 17.8 Å². The van der Waals surface area contributed by atoms with Gasteiger partial charge in [0, 0.05) is 16.3 Å². The number of H-pyrrole nitrogens is 1. The van der Waals surface area contributed by atoms with Crippen LogP contribution in [0.4, 0.5) is 17.6 Å². The Balaban J connectivity index is 1.78. The first-order valence-electron chi connectivity index (χ1n) is 7.35. The maximum Gasteiger partial charge on any atom is 0.351 e. The summed E-state index contributed by atoms with van der Waals surface area (Å²) in [4.78, 5) is 22.3. The summed E-state index contributed by atoms with van der Waals surface area (Å²) in [5.41, 5.74) is 6.23. The Hall–Kier alpha value is -2.98. The Morgan fingerprint density at radius 1 is 1.36 bits per heavy atom. The van der Waals surface area contributed by atoms with E-state index in [1.165, 1.54) is 12.1 Å². The lowest BCUT2D eigenvalue weighted by Gasteiger charge is -2.16. The van der Waals surface area contributed by atoms with E-state index in [2.05, 4.69) is 25.6 Å². The van der Waals surface area contributed by atoms with Crippen LogP contribution in [0.1, 0.15) is 6.42 Å². The van der Waals surface area contributed by atoms with E-state index in [9.17, 15) is 13.6 Å². The summed E-state index contributed by atoms with van der Waals surface area (Å²) in [6.45, 7) is 0. The fourth-order valence-electron chi connectivity index (χ4n) is 2.23. The zero-order valence-corrected chi connectivity index (χ0v) is 13.7. The van der Waals surface area contributed by atoms with E-state index in [1.807, 2.05) is 12.2 Å². The first kappa shape index (κ1) is 16.9. The summed E-state index contributed by atoms with van der Waals surface area (Å²) < 4.78 is 22.0. The predicted octanol–water partition coefficient (Wildman–Crippen LogP) is 0.730. The molecule has 1 aliphatic rings. The highest BCUT2D eigenvalue weighted by Crippen LogP contribution is 2.17. The molecule has 1 aromatic carbocycles. The maximum atomic E-state index is 11.7. The topological polar surface area (TPSA) is 149 Å². The second-order valence-corrected chi connectivity index (χ2v) is 6.20. The number of nitrogens with one attached hydrogen (secondary N) is 3. The second-order valence-electron chi connectivity index (χ2n) is 5.26. The lowest BCUT2D eigenvalue weighted by atomic mass is 10.1. The molecule has 9 nitrogen and oxygen atoms in total. The highest BCUT2D eigenvalue weighted by molar-refractivity contribution is 7.79. The third-order valence-electron chi connectivity index (χ3n) is 3.38. The average molecular weight is 359 g/mol. The van der Waals surface area contributed by atoms with Crippen LogP contribution in [0.5, 0.6) is 0 Å². The van der Waals surface area contributed by atoms with Gasteiger partial charge in [0.05, 0.1) is 6.04 Å². The van der Waals surface area contributed by atoms with Gasteiger partial charge in [-0.15, -0.1) is 0 Å². The van der Waals surface area contributed by atoms with Crippen molar-refractivity contribution in [2.45, 2.75) is 17.4 Å². The minimum absolute atomic E-state index is 0.0758. The van der Waals surface area contributed by atoms with Crippen molar-refractivity contribution in [1.82, 2.24) is 15.0 Å². The quantitative estimate of drug-likeness (QED) is 0.571. The van der Waals surface area contributed by atoms with Gasteiger partial charge in [-0.2, -0.15) is 9.97 Å². The Morgan fingerprint density at radius 3 is 2.92 bits per heavy atom. The number of allylic oxidation sites excluding steroid dienone is 1. The largest absolute Gasteiger partial charge is 0.768 e. The summed E-state index contributed by atoms with van der Waals surface area (Å²) in [6, 6.07) is 6.04. The van der Waals surface area contributed by atoms with Crippen LogP contribution >= 0.6 is 0 Å². The standard InChI is InChI=1S/C15H16N6O3S/c16-9-4-6-10(7-5-9)17-13-19-14(21-15(22)20-13)18-11-2-1-3-12(8-11)25(23)24/h1-6,8,10H,7,16H2,(H,23,24)(H3,17,18,19,20,21,22)/p-1. The number of aromatic amines is 1. The zero-order chi connectivity index (χ0) is 17.8. The lowest BCUT2D eigenvalue weighted by molar-refractivity contribution is 0.537. The van der Waals surface area contributed by atoms with E-state index in [1.54, 1.807) is 18.2 Å². The van der Waals surface area contributed by atoms with Crippen LogP contribution in [-0.4, -0.2) is 29.8 Å². The zero-order valence-electron chi connectivity index (χ0n) is 12.9. The van der Waals surface area contributed by atoms with Gasteiger partial charge in [-0.05, 0) is 41.8 Å². The molecule has 25 heavy (non-hydrogen) atoms. The normalized spacial score (nSPS) is 17.6. The molecule has 0 bridgehead atoms. The van der Waals surface area contributed by atoms with Crippen LogP contribution in [0.2, 0.25) is 0 Å². The number of benzene rings is 1. The second kappa shape index (κ2) is 7.28. The van der Waals surface area contributed by atoms with Gasteiger partial charge in [0.2, 0.25) is 11.9 Å². The number of hydrogen-bond donors (Lipinski definition) is 4. The monoisotopic (exact) mass is 359 g/mol. The predicted molar refractivity (Wildman–Crippen MR) is 93.0 cm³/mol. The number of hydrogen-bond acceptors (Lipinski definition) is 8. The average Bonchev–Trinajstić information content (AvgIpc) is 2.57. The molecule has 0 saturated heterocycles. The summed E-state index contributed by atoms with van der Waals surface area (Å²) in [5.74, 6) is 0.296. The Labute approximate surface area is 145 Å². The minimum Gasteiger partial charge on any atom is -0.768 e. The van der Waals surface area contributed by atoms with Crippen molar-refractivity contribution in [1.29, 1.82) is 0 Å². The van der Waals surface area contributed by atoms with Gasteiger partial charge >= 0.3 is 5.69 Å². The SMILES string of the molecule is NC1=CCC(Nc2nc(Nc3cccc(S(=O)[O-])c3)[nH]c(=O)n2)C=C1. The van der Waals surface area contributed by atoms with Crippen LogP contribution in [-0.2, 0) is 11.1 Å². The molecule has 1 aliphatic carbocycles. The number of rotatable bonds is 5. The van der Waals surface area contributed by atoms with Crippen LogP contribution in [0.3, 0.4) is 0 Å². The Kier molecular flexibility index (Phi) is 4.91. The third kappa shape index (κ3) is 4.52. The van der Waals surface area contributed by atoms with Gasteiger partial charge in [0.15, 0.2) is 0 Å². The molecule has 5 N–H and O–H groups in total. The van der Waals surface area contributed by atoms with Crippen molar-refractivity contribution < 1.29 is 8.76 Å². The van der Waals surface area contributed by atoms with Gasteiger partial charge < -0.3 is 20.9 Å². The summed E-state index contributed by atoms with van der Waals surface area (Å²) in [6.07, 6.45) is 6.14. The van der Waals surface area contributed by atoms with Crippen LogP contribution in [0, 0.1) is 0 Å². The molecule has 0 amide bonds. The van der Waals surface area contributed by atoms with E-state index < -0.39 is 16.8 Å². The Bertz CT molecular complexity index is 923. The molecule has 0 aliphatic heterocycles. The first-order valence-corrected chi connectivity index (χ1v) is 8.42. The molecule has 0 radical (unpaired) electrons. The van der Waals surface area contributed by atoms with Gasteiger partial charge in [-0.25, -0.2) is 4.79 Å². The fraction of sp³-hybridized carbons (Fsp3) is 0.133. The molecule has 0 fully saturated rings. The molecule has 2 aromatic rings. The van der Waals surface area contributed by atoms with Crippen molar-refractivity contribution >= 4 is 28.7 Å². The fourth-order valence-corrected chi connectivity index (χ4v) is 2.64. The molecule has 2 unspecified atom stereocenters. The van der Waals surface area contributed by atoms with Crippen molar-refractivity contribution in [3.8, 4) is 0 Å². The maximum absolute atomic E-state index is 11.7. The summed E-state index contributed by atoms with van der Waals surface area (Å²) in [5, 5.41) is 5.88. The molecule has 2 atom stereocenters. The van der Waals surface area contributed by atoms with E-state index in [-0.39, 0.29) is 22.8 Å². The van der Waals surface area contributed by atoms with Crippen molar-refractivity contribution in [3.05, 3.63) is 58.7 Å². The number of nitrogens with zero attached hydrogens (tertiary/aromatic N) is 2. The van der Waals surface area contributed by atoms with Gasteiger partial charge in [-0.1, -0.05) is 18.2 Å². The van der Waals surface area contributed by atoms with Gasteiger partial charge in [0.25, 0.3) is 0 Å². The highest BCUT2D eigenvalue weighted by atomic mass is 32.2. The van der Waals surface area contributed by atoms with Gasteiger partial charge in [0.1, 0.15) is 0 Å². The summed E-state index contributed by atoms with van der Waals surface area (Å²) in [7, 11) is 0. The molecular formula is C15H15N6O3S-. The number of aromatic nitrogens is 3. The Morgan fingerprint density at radius 2 is 2.20 bits per heavy atom. The molecular weight excluding hydrogens is 344 g/mol. The smallest absolute Gasteiger partial charge is 0.351 e. The van der Waals surface area contributed by atoms with Crippen molar-refractivity contribution in [2.24, 2.45) is 5.73 Å². The van der Waals surface area contributed by atoms with E-state index in [4.69, 9.17) is 5.73 Å². The highest BCUT2D eigenvalue weighted by Gasteiger charge is 2.10. The van der Waals surface area contributed by atoms with E-state index >= 15 is 0 Å². The first-order chi connectivity index (χ1) is 12.0. The molecule has 1 heterocycles. The summed E-state index contributed by atoms with van der Waals surface area (Å²) >= 11 is -2.34. The number of nitrogens with two attached hydrogens (primary N) is 1. The molecule has 0 spiro atoms. The van der Waals surface area contributed by atoms with Crippen LogP contribution in [0.15, 0.2) is 57.9 Å². The number of anilines is 3. The lowest BCUT2D eigenvalue weighted by Crippen LogP contribution is -2.24. The molecule has 1 aromatic heterocycles. The molecule has 3 rings (SSSR count). The van der Waals surface area contributed by atoms with Crippen molar-refractivity contribution in [3.63, 3.8) is 0 Å².